The first-order chi connectivity index (χ1) is 7.27. The lowest BCUT2D eigenvalue weighted by atomic mass is 10.2. The molecule has 1 aromatic rings. The lowest BCUT2D eigenvalue weighted by molar-refractivity contribution is 0.112. The molecule has 2 rings (SSSR count). The quantitative estimate of drug-likeness (QED) is 0.735. The number of nitriles is 1. The van der Waals surface area contributed by atoms with Crippen LogP contribution in [0, 0.1) is 11.3 Å². The molecule has 1 aromatic heterocycles. The molecule has 5 heteroatoms. The van der Waals surface area contributed by atoms with Crippen LogP contribution in [-0.2, 0) is 6.54 Å². The Balaban J connectivity index is 2.31. The highest BCUT2D eigenvalue weighted by molar-refractivity contribution is 6.32. The standard InChI is InChI=1S/C10H10ClN3O/c11-10-8(6-15)9(7-2-3-7)13-14(10)5-1-4-12/h6-7H,1-3,5H2. The molecule has 0 unspecified atom stereocenters. The number of aryl methyl sites for hydroxylation is 1. The van der Waals surface area contributed by atoms with E-state index >= 15 is 0 Å². The summed E-state index contributed by atoms with van der Waals surface area (Å²) in [6.45, 7) is 0.447. The summed E-state index contributed by atoms with van der Waals surface area (Å²) in [5, 5.41) is 13.1. The van der Waals surface area contributed by atoms with Crippen LogP contribution in [0.2, 0.25) is 5.15 Å². The van der Waals surface area contributed by atoms with E-state index in [-0.39, 0.29) is 0 Å². The van der Waals surface area contributed by atoms with Gasteiger partial charge in [-0.2, -0.15) is 10.4 Å². The lowest BCUT2D eigenvalue weighted by Gasteiger charge is -1.97. The molecular formula is C10H10ClN3O. The van der Waals surface area contributed by atoms with Crippen LogP contribution in [0.15, 0.2) is 0 Å². The number of nitrogens with zero attached hydrogens (tertiary/aromatic N) is 3. The maximum absolute atomic E-state index is 10.9. The van der Waals surface area contributed by atoms with Crippen LogP contribution >= 0.6 is 11.6 Å². The maximum Gasteiger partial charge on any atom is 0.155 e. The molecule has 0 saturated heterocycles. The molecule has 15 heavy (non-hydrogen) atoms. The number of aromatic nitrogens is 2. The van der Waals surface area contributed by atoms with E-state index in [1.165, 1.54) is 0 Å². The molecule has 0 aliphatic heterocycles. The van der Waals surface area contributed by atoms with Gasteiger partial charge in [-0.15, -0.1) is 0 Å². The van der Waals surface area contributed by atoms with Crippen molar-refractivity contribution in [2.45, 2.75) is 31.7 Å². The van der Waals surface area contributed by atoms with E-state index < -0.39 is 0 Å². The summed E-state index contributed by atoms with van der Waals surface area (Å²) in [5.41, 5.74) is 1.30. The van der Waals surface area contributed by atoms with E-state index in [0.717, 1.165) is 24.8 Å². The largest absolute Gasteiger partial charge is 0.298 e. The Hall–Kier alpha value is -1.34. The Morgan fingerprint density at radius 2 is 2.40 bits per heavy atom. The first kappa shape index (κ1) is 10.2. The third-order valence-electron chi connectivity index (χ3n) is 2.47. The molecule has 1 aliphatic carbocycles. The fourth-order valence-corrected chi connectivity index (χ4v) is 1.81. The Labute approximate surface area is 92.4 Å². The SMILES string of the molecule is N#CCCn1nc(C2CC2)c(C=O)c1Cl. The molecule has 1 saturated carbocycles. The van der Waals surface area contributed by atoms with E-state index in [0.29, 0.717) is 29.6 Å². The number of hydrogen-bond donors (Lipinski definition) is 0. The molecular weight excluding hydrogens is 214 g/mol. The van der Waals surface area contributed by atoms with Crippen molar-refractivity contribution < 1.29 is 4.79 Å². The van der Waals surface area contributed by atoms with E-state index in [1.54, 1.807) is 4.68 Å². The van der Waals surface area contributed by atoms with Crippen LogP contribution in [0.5, 0.6) is 0 Å². The normalized spacial score (nSPS) is 14.9. The van der Waals surface area contributed by atoms with Gasteiger partial charge in [0, 0.05) is 5.92 Å². The maximum atomic E-state index is 10.9. The van der Waals surface area contributed by atoms with Crippen molar-refractivity contribution in [3.63, 3.8) is 0 Å². The monoisotopic (exact) mass is 223 g/mol. The van der Waals surface area contributed by atoms with Crippen LogP contribution in [0.1, 0.15) is 41.2 Å². The van der Waals surface area contributed by atoms with Gasteiger partial charge in [0.15, 0.2) is 6.29 Å². The van der Waals surface area contributed by atoms with Gasteiger partial charge < -0.3 is 0 Å². The Morgan fingerprint density at radius 1 is 1.67 bits per heavy atom. The minimum Gasteiger partial charge on any atom is -0.298 e. The fourth-order valence-electron chi connectivity index (χ4n) is 1.54. The van der Waals surface area contributed by atoms with Crippen molar-refractivity contribution in [2.24, 2.45) is 0 Å². The predicted octanol–water partition coefficient (Wildman–Crippen LogP) is 2.14. The topological polar surface area (TPSA) is 58.7 Å². The smallest absolute Gasteiger partial charge is 0.155 e. The summed E-state index contributed by atoms with van der Waals surface area (Å²) in [6, 6.07) is 2.03. The lowest BCUT2D eigenvalue weighted by Crippen LogP contribution is -1.99. The highest BCUT2D eigenvalue weighted by atomic mass is 35.5. The zero-order valence-corrected chi connectivity index (χ0v) is 8.87. The highest BCUT2D eigenvalue weighted by Gasteiger charge is 2.31. The summed E-state index contributed by atoms with van der Waals surface area (Å²) in [5.74, 6) is 0.394. The molecule has 0 bridgehead atoms. The van der Waals surface area contributed by atoms with E-state index in [1.807, 2.05) is 6.07 Å². The minimum atomic E-state index is 0.351. The molecule has 1 heterocycles. The molecule has 0 radical (unpaired) electrons. The van der Waals surface area contributed by atoms with Gasteiger partial charge in [0.05, 0.1) is 30.3 Å². The number of aldehydes is 1. The molecule has 4 nitrogen and oxygen atoms in total. The van der Waals surface area contributed by atoms with Crippen molar-refractivity contribution in [3.8, 4) is 6.07 Å². The molecule has 0 atom stereocenters. The van der Waals surface area contributed by atoms with E-state index in [2.05, 4.69) is 5.10 Å². The van der Waals surface area contributed by atoms with Crippen LogP contribution in [0.3, 0.4) is 0 Å². The number of carbonyl (C=O) groups excluding carboxylic acids is 1. The molecule has 1 aliphatic rings. The van der Waals surface area contributed by atoms with Crippen molar-refractivity contribution in [1.29, 1.82) is 5.26 Å². The zero-order valence-electron chi connectivity index (χ0n) is 8.11. The third-order valence-corrected chi connectivity index (χ3v) is 2.87. The molecule has 0 spiro atoms. The van der Waals surface area contributed by atoms with Gasteiger partial charge in [-0.1, -0.05) is 11.6 Å². The van der Waals surface area contributed by atoms with E-state index in [4.69, 9.17) is 16.9 Å². The van der Waals surface area contributed by atoms with Gasteiger partial charge >= 0.3 is 0 Å². The second kappa shape index (κ2) is 4.03. The third kappa shape index (κ3) is 1.88. The molecule has 0 N–H and O–H groups in total. The molecule has 78 valence electrons. The molecule has 0 aromatic carbocycles. The summed E-state index contributed by atoms with van der Waals surface area (Å²) in [4.78, 5) is 10.9. The van der Waals surface area contributed by atoms with Gasteiger partial charge in [0.1, 0.15) is 5.15 Å². The Morgan fingerprint density at radius 3 is 2.93 bits per heavy atom. The number of rotatable bonds is 4. The second-order valence-electron chi connectivity index (χ2n) is 3.61. The number of halogens is 1. The van der Waals surface area contributed by atoms with Crippen LogP contribution in [-0.4, -0.2) is 16.1 Å². The first-order valence-electron chi connectivity index (χ1n) is 4.86. The van der Waals surface area contributed by atoms with Crippen molar-refractivity contribution in [2.75, 3.05) is 0 Å². The van der Waals surface area contributed by atoms with Crippen molar-refractivity contribution in [1.82, 2.24) is 9.78 Å². The Bertz CT molecular complexity index is 429. The van der Waals surface area contributed by atoms with Gasteiger partial charge in [-0.25, -0.2) is 0 Å². The number of carbonyl (C=O) groups is 1. The van der Waals surface area contributed by atoms with Crippen LogP contribution < -0.4 is 0 Å². The average Bonchev–Trinajstić information content (AvgIpc) is 3.02. The van der Waals surface area contributed by atoms with E-state index in [9.17, 15) is 4.79 Å². The first-order valence-corrected chi connectivity index (χ1v) is 5.24. The Kier molecular flexibility index (Phi) is 2.74. The van der Waals surface area contributed by atoms with Gasteiger partial charge in [0.25, 0.3) is 0 Å². The summed E-state index contributed by atoms with van der Waals surface area (Å²) in [7, 11) is 0. The van der Waals surface area contributed by atoms with Crippen LogP contribution in [0.4, 0.5) is 0 Å². The zero-order chi connectivity index (χ0) is 10.8. The fraction of sp³-hybridized carbons (Fsp3) is 0.500. The summed E-state index contributed by atoms with van der Waals surface area (Å²) in [6.07, 6.45) is 3.26. The van der Waals surface area contributed by atoms with Gasteiger partial charge in [-0.05, 0) is 12.8 Å². The average molecular weight is 224 g/mol. The predicted molar refractivity (Wildman–Crippen MR) is 54.8 cm³/mol. The van der Waals surface area contributed by atoms with Gasteiger partial charge in [0.2, 0.25) is 0 Å². The van der Waals surface area contributed by atoms with Crippen molar-refractivity contribution in [3.05, 3.63) is 16.4 Å². The summed E-state index contributed by atoms with van der Waals surface area (Å²) >= 11 is 6.00. The highest BCUT2D eigenvalue weighted by Crippen LogP contribution is 2.42. The van der Waals surface area contributed by atoms with Crippen molar-refractivity contribution >= 4 is 17.9 Å². The second-order valence-corrected chi connectivity index (χ2v) is 3.97. The molecule has 0 amide bonds. The summed E-state index contributed by atoms with van der Waals surface area (Å²) < 4.78 is 1.54. The minimum absolute atomic E-state index is 0.351. The molecule has 1 fully saturated rings. The number of hydrogen-bond acceptors (Lipinski definition) is 3. The van der Waals surface area contributed by atoms with Crippen LogP contribution in [0.25, 0.3) is 0 Å². The van der Waals surface area contributed by atoms with Gasteiger partial charge in [-0.3, -0.25) is 9.48 Å².